The van der Waals surface area contributed by atoms with Crippen LogP contribution in [0.15, 0.2) is 0 Å². The summed E-state index contributed by atoms with van der Waals surface area (Å²) in [6, 6.07) is -2.62. The second kappa shape index (κ2) is 14.2. The number of nitrogens with one attached hydrogen (secondary N) is 3. The monoisotopic (exact) mass is 432 g/mol. The van der Waals surface area contributed by atoms with Gasteiger partial charge in [-0.1, -0.05) is 34.1 Å². The van der Waals surface area contributed by atoms with Gasteiger partial charge in [0.2, 0.25) is 17.7 Å². The van der Waals surface area contributed by atoms with Gasteiger partial charge in [-0.2, -0.15) is 11.8 Å². The molecule has 0 heterocycles. The Labute approximate surface area is 177 Å². The Bertz CT molecular complexity index is 559. The standard InChI is InChI=1S/C19H36N4O5S/c1-6-12(4)16(19(27)28)23-18(26)14(9-11(2)3)22-15(24)10-21-17(25)13(20)7-8-29-5/h11-14,16H,6-10,20H2,1-5H3,(H,21,25)(H,22,24)(H,23,26)(H,27,28). The van der Waals surface area contributed by atoms with E-state index in [2.05, 4.69) is 16.0 Å². The second-order valence-electron chi connectivity index (χ2n) is 7.57. The molecule has 4 atom stereocenters. The normalized spacial score (nSPS) is 15.1. The molecule has 0 bridgehead atoms. The number of carboxylic acids is 1. The number of carbonyl (C=O) groups excluding carboxylic acids is 3. The maximum Gasteiger partial charge on any atom is 0.326 e. The highest BCUT2D eigenvalue weighted by Gasteiger charge is 2.30. The van der Waals surface area contributed by atoms with Crippen molar-refractivity contribution in [2.45, 2.75) is 65.1 Å². The summed E-state index contributed by atoms with van der Waals surface area (Å²) in [6.45, 7) is 7.06. The fraction of sp³-hybridized carbons (Fsp3) is 0.789. The minimum absolute atomic E-state index is 0.0903. The molecule has 0 aliphatic heterocycles. The van der Waals surface area contributed by atoms with Crippen molar-refractivity contribution in [2.75, 3.05) is 18.6 Å². The molecule has 29 heavy (non-hydrogen) atoms. The van der Waals surface area contributed by atoms with Crippen LogP contribution in [0.1, 0.15) is 47.0 Å². The van der Waals surface area contributed by atoms with E-state index in [1.807, 2.05) is 27.0 Å². The first-order valence-corrected chi connectivity index (χ1v) is 11.3. The maximum absolute atomic E-state index is 12.6. The molecule has 6 N–H and O–H groups in total. The summed E-state index contributed by atoms with van der Waals surface area (Å²) >= 11 is 1.57. The summed E-state index contributed by atoms with van der Waals surface area (Å²) in [5, 5.41) is 16.9. The second-order valence-corrected chi connectivity index (χ2v) is 8.55. The van der Waals surface area contributed by atoms with Crippen LogP contribution in [-0.2, 0) is 19.2 Å². The number of carboxylic acid groups (broad SMARTS) is 1. The van der Waals surface area contributed by atoms with Crippen LogP contribution >= 0.6 is 11.8 Å². The zero-order valence-corrected chi connectivity index (χ0v) is 18.8. The van der Waals surface area contributed by atoms with Crippen LogP contribution in [0.3, 0.4) is 0 Å². The lowest BCUT2D eigenvalue weighted by Gasteiger charge is -2.25. The Morgan fingerprint density at radius 2 is 1.69 bits per heavy atom. The van der Waals surface area contributed by atoms with Crippen molar-refractivity contribution >= 4 is 35.5 Å². The number of hydrogen-bond acceptors (Lipinski definition) is 6. The third-order valence-electron chi connectivity index (χ3n) is 4.53. The smallest absolute Gasteiger partial charge is 0.326 e. The minimum Gasteiger partial charge on any atom is -0.480 e. The number of nitrogens with two attached hydrogens (primary N) is 1. The summed E-state index contributed by atoms with van der Waals surface area (Å²) in [6.07, 6.45) is 3.33. The SMILES string of the molecule is CCC(C)C(NC(=O)C(CC(C)C)NC(=O)CNC(=O)C(N)CCSC)C(=O)O. The van der Waals surface area contributed by atoms with E-state index >= 15 is 0 Å². The fourth-order valence-electron chi connectivity index (χ4n) is 2.56. The number of hydrogen-bond donors (Lipinski definition) is 5. The molecule has 0 radical (unpaired) electrons. The number of thioether (sulfide) groups is 1. The predicted molar refractivity (Wildman–Crippen MR) is 114 cm³/mol. The Hall–Kier alpha value is -1.81. The molecule has 0 rings (SSSR count). The largest absolute Gasteiger partial charge is 0.480 e. The first kappa shape index (κ1) is 27.2. The molecule has 0 aliphatic rings. The first-order chi connectivity index (χ1) is 13.5. The maximum atomic E-state index is 12.6. The van der Waals surface area contributed by atoms with Crippen molar-refractivity contribution in [2.24, 2.45) is 17.6 Å². The number of rotatable bonds is 14. The van der Waals surface area contributed by atoms with Crippen LogP contribution in [0, 0.1) is 11.8 Å². The van der Waals surface area contributed by atoms with Gasteiger partial charge in [0.25, 0.3) is 0 Å². The highest BCUT2D eigenvalue weighted by atomic mass is 32.2. The van der Waals surface area contributed by atoms with Crippen LogP contribution in [-0.4, -0.2) is 65.5 Å². The molecular formula is C19H36N4O5S. The van der Waals surface area contributed by atoms with Gasteiger partial charge in [-0.25, -0.2) is 4.79 Å². The third-order valence-corrected chi connectivity index (χ3v) is 5.17. The van der Waals surface area contributed by atoms with Crippen LogP contribution in [0.5, 0.6) is 0 Å². The quantitative estimate of drug-likeness (QED) is 0.265. The summed E-state index contributed by atoms with van der Waals surface area (Å²) in [4.78, 5) is 48.2. The van der Waals surface area contributed by atoms with Crippen molar-refractivity contribution in [3.8, 4) is 0 Å². The van der Waals surface area contributed by atoms with E-state index in [4.69, 9.17) is 5.73 Å². The van der Waals surface area contributed by atoms with Gasteiger partial charge in [0.15, 0.2) is 0 Å². The highest BCUT2D eigenvalue weighted by molar-refractivity contribution is 7.98. The van der Waals surface area contributed by atoms with Gasteiger partial charge in [0.1, 0.15) is 12.1 Å². The zero-order chi connectivity index (χ0) is 22.6. The molecule has 0 aromatic rings. The number of carbonyl (C=O) groups is 4. The Morgan fingerprint density at radius 3 is 2.17 bits per heavy atom. The summed E-state index contributed by atoms with van der Waals surface area (Å²) in [5.74, 6) is -2.07. The lowest BCUT2D eigenvalue weighted by molar-refractivity contribution is -0.143. The van der Waals surface area contributed by atoms with Crippen LogP contribution < -0.4 is 21.7 Å². The summed E-state index contributed by atoms with van der Waals surface area (Å²) in [5.41, 5.74) is 5.75. The van der Waals surface area contributed by atoms with Crippen molar-refractivity contribution < 1.29 is 24.3 Å². The van der Waals surface area contributed by atoms with Crippen molar-refractivity contribution in [3.63, 3.8) is 0 Å². The third kappa shape index (κ3) is 11.1. The lowest BCUT2D eigenvalue weighted by Crippen LogP contribution is -2.55. The first-order valence-electron chi connectivity index (χ1n) is 9.88. The van der Waals surface area contributed by atoms with Gasteiger partial charge in [0.05, 0.1) is 12.6 Å². The molecule has 0 fully saturated rings. The van der Waals surface area contributed by atoms with E-state index in [0.717, 1.165) is 5.75 Å². The van der Waals surface area contributed by atoms with Crippen molar-refractivity contribution in [3.05, 3.63) is 0 Å². The summed E-state index contributed by atoms with van der Waals surface area (Å²) in [7, 11) is 0. The molecule has 10 heteroatoms. The van der Waals surface area contributed by atoms with Crippen LogP contribution in [0.4, 0.5) is 0 Å². The molecule has 0 aromatic carbocycles. The number of aliphatic carboxylic acids is 1. The summed E-state index contributed by atoms with van der Waals surface area (Å²) < 4.78 is 0. The Kier molecular flexibility index (Phi) is 13.3. The topological polar surface area (TPSA) is 151 Å². The average Bonchev–Trinajstić information content (AvgIpc) is 2.66. The Morgan fingerprint density at radius 1 is 1.07 bits per heavy atom. The fourth-order valence-corrected chi connectivity index (χ4v) is 3.05. The molecule has 0 aliphatic carbocycles. The van der Waals surface area contributed by atoms with E-state index < -0.39 is 41.8 Å². The molecule has 3 amide bonds. The van der Waals surface area contributed by atoms with E-state index in [0.29, 0.717) is 19.3 Å². The number of amides is 3. The van der Waals surface area contributed by atoms with Crippen molar-refractivity contribution in [1.82, 2.24) is 16.0 Å². The predicted octanol–water partition coefficient (Wildman–Crippen LogP) is 0.329. The van der Waals surface area contributed by atoms with Gasteiger partial charge in [-0.15, -0.1) is 0 Å². The molecule has 4 unspecified atom stereocenters. The average molecular weight is 433 g/mol. The van der Waals surface area contributed by atoms with E-state index in [-0.39, 0.29) is 18.4 Å². The minimum atomic E-state index is -1.12. The Balaban J connectivity index is 4.89. The molecule has 0 saturated heterocycles. The van der Waals surface area contributed by atoms with Gasteiger partial charge in [-0.3, -0.25) is 14.4 Å². The van der Waals surface area contributed by atoms with E-state index in [1.165, 1.54) is 0 Å². The van der Waals surface area contributed by atoms with Crippen LogP contribution in [0.2, 0.25) is 0 Å². The van der Waals surface area contributed by atoms with E-state index in [9.17, 15) is 24.3 Å². The molecule has 0 aromatic heterocycles. The van der Waals surface area contributed by atoms with Gasteiger partial charge >= 0.3 is 5.97 Å². The molecule has 0 spiro atoms. The molecule has 9 nitrogen and oxygen atoms in total. The van der Waals surface area contributed by atoms with Gasteiger partial charge in [-0.05, 0) is 36.7 Å². The molecular weight excluding hydrogens is 396 g/mol. The molecule has 168 valence electrons. The zero-order valence-electron chi connectivity index (χ0n) is 18.0. The van der Waals surface area contributed by atoms with Crippen LogP contribution in [0.25, 0.3) is 0 Å². The van der Waals surface area contributed by atoms with Crippen molar-refractivity contribution in [1.29, 1.82) is 0 Å². The lowest BCUT2D eigenvalue weighted by atomic mass is 9.97. The van der Waals surface area contributed by atoms with Gasteiger partial charge in [0, 0.05) is 0 Å². The highest BCUT2D eigenvalue weighted by Crippen LogP contribution is 2.10. The molecule has 0 saturated carbocycles. The van der Waals surface area contributed by atoms with Gasteiger partial charge < -0.3 is 26.8 Å². The van der Waals surface area contributed by atoms with E-state index in [1.54, 1.807) is 18.7 Å².